The lowest BCUT2D eigenvalue weighted by molar-refractivity contribution is -0.115. The molecule has 1 aromatic carbocycles. The molecule has 0 saturated carbocycles. The van der Waals surface area contributed by atoms with E-state index in [9.17, 15) is 9.59 Å². The Bertz CT molecular complexity index is 1450. The summed E-state index contributed by atoms with van der Waals surface area (Å²) in [4.78, 5) is 33.3. The van der Waals surface area contributed by atoms with Crippen LogP contribution in [0.4, 0.5) is 5.82 Å². The summed E-state index contributed by atoms with van der Waals surface area (Å²) in [5, 5.41) is 7.49. The third-order valence-electron chi connectivity index (χ3n) is 7.64. The van der Waals surface area contributed by atoms with Crippen molar-refractivity contribution in [1.29, 1.82) is 0 Å². The highest BCUT2D eigenvalue weighted by Gasteiger charge is 2.22. The molecule has 1 saturated heterocycles. The minimum absolute atomic E-state index is 0.0818. The molecule has 2 N–H and O–H groups in total. The van der Waals surface area contributed by atoms with E-state index in [1.807, 2.05) is 43.8 Å². The lowest BCUT2D eigenvalue weighted by Crippen LogP contribution is -2.43. The molecule has 38 heavy (non-hydrogen) atoms. The normalized spacial score (nSPS) is 16.4. The molecule has 1 aliphatic heterocycles. The van der Waals surface area contributed by atoms with Crippen LogP contribution in [0.25, 0.3) is 22.0 Å². The molecule has 0 unspecified atom stereocenters. The summed E-state index contributed by atoms with van der Waals surface area (Å²) in [6.07, 6.45) is 6.47. The molecule has 7 heteroatoms. The molecule has 3 heterocycles. The highest BCUT2D eigenvalue weighted by atomic mass is 16.2. The highest BCUT2D eigenvalue weighted by Crippen LogP contribution is 2.34. The molecular weight excluding hydrogens is 474 g/mol. The van der Waals surface area contributed by atoms with Crippen LogP contribution >= 0.6 is 0 Å². The zero-order chi connectivity index (χ0) is 27.0. The number of carbonyl (C=O) groups is 2. The molecule has 1 fully saturated rings. The standard InChI is InChI=1S/C31H37N5O2/c1-19(2)27-18-35(5)30-24(27)14-23(22-6-7-29(33-16-22)36-10-8-32-9-11-36)15-25(30)31(38)34-17-26-21(4)12-20(3)13-28(26)37/h6-7,12,14-16,18-19,32H,8-11,13,17H2,1-5H3,(H,34,38). The number of amides is 1. The van der Waals surface area contributed by atoms with E-state index in [0.717, 1.165) is 65.2 Å². The number of hydrogen-bond donors (Lipinski definition) is 2. The van der Waals surface area contributed by atoms with E-state index in [4.69, 9.17) is 4.98 Å². The molecule has 7 nitrogen and oxygen atoms in total. The number of nitrogens with one attached hydrogen (secondary N) is 2. The highest BCUT2D eigenvalue weighted by molar-refractivity contribution is 6.09. The number of aromatic nitrogens is 2. The van der Waals surface area contributed by atoms with Gasteiger partial charge in [0, 0.05) is 75.1 Å². The summed E-state index contributed by atoms with van der Waals surface area (Å²) in [6.45, 7) is 12.3. The van der Waals surface area contributed by atoms with Crippen LogP contribution in [0.2, 0.25) is 0 Å². The second kappa shape index (κ2) is 10.6. The molecule has 3 aromatic rings. The molecule has 0 atom stereocenters. The van der Waals surface area contributed by atoms with Crippen molar-refractivity contribution < 1.29 is 9.59 Å². The number of carbonyl (C=O) groups excluding carboxylic acids is 2. The topological polar surface area (TPSA) is 79.3 Å². The summed E-state index contributed by atoms with van der Waals surface area (Å²) in [7, 11) is 1.99. The van der Waals surface area contributed by atoms with Crippen LogP contribution in [0.15, 0.2) is 59.5 Å². The number of rotatable bonds is 6. The zero-order valence-electron chi connectivity index (χ0n) is 23.0. The predicted molar refractivity (Wildman–Crippen MR) is 154 cm³/mol. The number of nitrogens with zero attached hydrogens (tertiary/aromatic N) is 3. The number of hydrogen-bond acceptors (Lipinski definition) is 5. The number of benzene rings is 1. The number of fused-ring (bicyclic) bond motifs is 1. The second-order valence-electron chi connectivity index (χ2n) is 10.8. The smallest absolute Gasteiger partial charge is 0.253 e. The Morgan fingerprint density at radius 2 is 1.89 bits per heavy atom. The van der Waals surface area contributed by atoms with Crippen molar-refractivity contribution in [3.8, 4) is 11.1 Å². The van der Waals surface area contributed by atoms with Gasteiger partial charge in [0.1, 0.15) is 5.82 Å². The molecule has 2 aliphatic rings. The van der Waals surface area contributed by atoms with E-state index >= 15 is 0 Å². The average molecular weight is 512 g/mol. The minimum atomic E-state index is -0.182. The second-order valence-corrected chi connectivity index (χ2v) is 10.8. The van der Waals surface area contributed by atoms with Gasteiger partial charge in [0.2, 0.25) is 0 Å². The summed E-state index contributed by atoms with van der Waals surface area (Å²) in [6, 6.07) is 8.29. The quantitative estimate of drug-likeness (QED) is 0.500. The van der Waals surface area contributed by atoms with Gasteiger partial charge in [0.15, 0.2) is 5.78 Å². The first-order valence-corrected chi connectivity index (χ1v) is 13.5. The number of ketones is 1. The Hall–Kier alpha value is -3.71. The number of piperazine rings is 1. The molecule has 198 valence electrons. The van der Waals surface area contributed by atoms with Gasteiger partial charge in [-0.25, -0.2) is 4.98 Å². The molecule has 1 amide bonds. The summed E-state index contributed by atoms with van der Waals surface area (Å²) >= 11 is 0. The largest absolute Gasteiger partial charge is 0.354 e. The van der Waals surface area contributed by atoms with E-state index < -0.39 is 0 Å². The van der Waals surface area contributed by atoms with Crippen molar-refractivity contribution in [2.75, 3.05) is 37.6 Å². The van der Waals surface area contributed by atoms with Gasteiger partial charge >= 0.3 is 0 Å². The van der Waals surface area contributed by atoms with E-state index in [1.54, 1.807) is 0 Å². The van der Waals surface area contributed by atoms with E-state index in [0.29, 0.717) is 23.5 Å². The van der Waals surface area contributed by atoms with Crippen molar-refractivity contribution in [3.05, 3.63) is 70.6 Å². The number of anilines is 1. The molecule has 5 rings (SSSR count). The van der Waals surface area contributed by atoms with Gasteiger partial charge in [0.25, 0.3) is 5.91 Å². The van der Waals surface area contributed by atoms with Gasteiger partial charge < -0.3 is 20.1 Å². The maximum atomic E-state index is 13.7. The fourth-order valence-electron chi connectivity index (χ4n) is 5.60. The molecule has 1 aliphatic carbocycles. The summed E-state index contributed by atoms with van der Waals surface area (Å²) < 4.78 is 2.04. The first-order valence-electron chi connectivity index (χ1n) is 13.5. The number of Topliss-reactive ketones (excluding diaryl/α,β-unsaturated/α-hetero) is 1. The van der Waals surface area contributed by atoms with Crippen LogP contribution in [-0.2, 0) is 11.8 Å². The minimum Gasteiger partial charge on any atom is -0.354 e. The van der Waals surface area contributed by atoms with Crippen LogP contribution in [0.1, 0.15) is 56.0 Å². The molecule has 0 bridgehead atoms. The Kier molecular flexibility index (Phi) is 7.21. The Balaban J connectivity index is 1.51. The lowest BCUT2D eigenvalue weighted by Gasteiger charge is -2.28. The van der Waals surface area contributed by atoms with Crippen molar-refractivity contribution in [1.82, 2.24) is 20.2 Å². The van der Waals surface area contributed by atoms with Crippen LogP contribution in [0, 0.1) is 0 Å². The monoisotopic (exact) mass is 511 g/mol. The van der Waals surface area contributed by atoms with Gasteiger partial charge in [-0.3, -0.25) is 9.59 Å². The number of aryl methyl sites for hydroxylation is 1. The van der Waals surface area contributed by atoms with Crippen molar-refractivity contribution >= 4 is 28.4 Å². The third kappa shape index (κ3) is 5.03. The van der Waals surface area contributed by atoms with Gasteiger partial charge in [-0.1, -0.05) is 25.5 Å². The fourth-order valence-corrected chi connectivity index (χ4v) is 5.60. The molecule has 0 spiro atoms. The van der Waals surface area contributed by atoms with Gasteiger partial charge in [-0.15, -0.1) is 0 Å². The summed E-state index contributed by atoms with van der Waals surface area (Å²) in [5.74, 6) is 1.18. The van der Waals surface area contributed by atoms with Gasteiger partial charge in [-0.2, -0.15) is 0 Å². The van der Waals surface area contributed by atoms with E-state index in [-0.39, 0.29) is 18.2 Å². The van der Waals surface area contributed by atoms with Crippen LogP contribution in [0.5, 0.6) is 0 Å². The van der Waals surface area contributed by atoms with Crippen molar-refractivity contribution in [3.63, 3.8) is 0 Å². The maximum absolute atomic E-state index is 13.7. The first kappa shape index (κ1) is 25.9. The van der Waals surface area contributed by atoms with Crippen LogP contribution in [-0.4, -0.2) is 54.0 Å². The van der Waals surface area contributed by atoms with Crippen molar-refractivity contribution in [2.45, 2.75) is 40.0 Å². The first-order chi connectivity index (χ1) is 18.2. The Labute approximate surface area is 224 Å². The lowest BCUT2D eigenvalue weighted by atomic mass is 9.92. The molecule has 0 radical (unpaired) electrons. The Morgan fingerprint density at radius 1 is 1.13 bits per heavy atom. The number of pyridine rings is 1. The average Bonchev–Trinajstić information content (AvgIpc) is 3.24. The van der Waals surface area contributed by atoms with E-state index in [1.165, 1.54) is 5.56 Å². The predicted octanol–water partition coefficient (Wildman–Crippen LogP) is 4.74. The third-order valence-corrected chi connectivity index (χ3v) is 7.64. The van der Waals surface area contributed by atoms with Crippen LogP contribution in [0.3, 0.4) is 0 Å². The SMILES string of the molecule is CC1=CC(C)=C(CNC(=O)c2cc(-c3ccc(N4CCNCC4)nc3)cc3c(C(C)C)cn(C)c23)C(=O)C1. The van der Waals surface area contributed by atoms with Gasteiger partial charge in [0.05, 0.1) is 11.1 Å². The zero-order valence-corrected chi connectivity index (χ0v) is 23.0. The van der Waals surface area contributed by atoms with E-state index in [2.05, 4.69) is 53.8 Å². The number of allylic oxidation sites excluding steroid dienone is 3. The van der Waals surface area contributed by atoms with Crippen LogP contribution < -0.4 is 15.5 Å². The maximum Gasteiger partial charge on any atom is 0.253 e. The summed E-state index contributed by atoms with van der Waals surface area (Å²) in [5.41, 5.74) is 7.29. The molecule has 2 aromatic heterocycles. The van der Waals surface area contributed by atoms with Gasteiger partial charge in [-0.05, 0) is 60.7 Å². The molecular formula is C31H37N5O2. The van der Waals surface area contributed by atoms with Crippen molar-refractivity contribution in [2.24, 2.45) is 7.05 Å². The Morgan fingerprint density at radius 3 is 2.55 bits per heavy atom. The fraction of sp³-hybridized carbons (Fsp3) is 0.387.